The van der Waals surface area contributed by atoms with E-state index in [1.807, 2.05) is 36.4 Å². The van der Waals surface area contributed by atoms with Crippen molar-refractivity contribution in [2.45, 2.75) is 0 Å². The lowest BCUT2D eigenvalue weighted by Crippen LogP contribution is -2.12. The second-order valence-electron chi connectivity index (χ2n) is 19.1. The van der Waals surface area contributed by atoms with Crippen LogP contribution in [0, 0.1) is 22.7 Å². The standard InChI is InChI=1S/C68H40N6S2/c69-41-43-36-60(74-62-40-66-56(50-28-14-16-34-64(50)76-66)38-54(62)52-30-18-32-58(68(52)74)72(47-23-9-3-10-24-47)48-25-11-4-12-26-48)44(42-70)35-59(43)73-61-39-65-55(49-27-13-15-33-63(49)75-65)37-53(61)51-29-17-31-57(67(51)73)71(45-19-5-1-6-20-45)46-21-7-2-8-22-46/h1-40H. The highest BCUT2D eigenvalue weighted by molar-refractivity contribution is 7.26. The number of para-hydroxylation sites is 6. The summed E-state index contributed by atoms with van der Waals surface area (Å²) in [7, 11) is 0. The first-order chi connectivity index (χ1) is 37.6. The third kappa shape index (κ3) is 6.62. The number of anilines is 6. The van der Waals surface area contributed by atoms with E-state index in [2.05, 4.69) is 237 Å². The van der Waals surface area contributed by atoms with Gasteiger partial charge in [-0.15, -0.1) is 22.7 Å². The summed E-state index contributed by atoms with van der Waals surface area (Å²) in [5.41, 5.74) is 11.7. The number of rotatable bonds is 8. The van der Waals surface area contributed by atoms with Crippen LogP contribution in [-0.2, 0) is 0 Å². The van der Waals surface area contributed by atoms with Gasteiger partial charge in [0.05, 0.1) is 55.9 Å². The number of benzene rings is 11. The SMILES string of the molecule is N#Cc1cc(-n2c3cc4sc5ccccc5c4cc3c3cccc(N(c4ccccc4)c4ccccc4)c32)c(C#N)cc1-n1c2cc3sc4ccccc4c3cc2c2cccc(N(c3ccccc3)c3ccccc3)c21. The van der Waals surface area contributed by atoms with Gasteiger partial charge in [0.2, 0.25) is 0 Å². The lowest BCUT2D eigenvalue weighted by Gasteiger charge is -2.27. The van der Waals surface area contributed by atoms with E-state index in [9.17, 15) is 10.5 Å². The molecule has 354 valence electrons. The van der Waals surface area contributed by atoms with Gasteiger partial charge in [0, 0.05) is 84.6 Å². The van der Waals surface area contributed by atoms with Gasteiger partial charge in [-0.05, 0) is 109 Å². The molecule has 0 radical (unpaired) electrons. The third-order valence-corrected chi connectivity index (χ3v) is 17.2. The molecule has 0 saturated heterocycles. The van der Waals surface area contributed by atoms with E-state index >= 15 is 0 Å². The van der Waals surface area contributed by atoms with E-state index < -0.39 is 0 Å². The molecule has 0 spiro atoms. The predicted octanol–water partition coefficient (Wildman–Crippen LogP) is 19.3. The number of aromatic nitrogens is 2. The number of thiophene rings is 2. The minimum Gasteiger partial charge on any atom is -0.308 e. The van der Waals surface area contributed by atoms with Crippen LogP contribution in [0.5, 0.6) is 0 Å². The molecule has 0 atom stereocenters. The quantitative estimate of drug-likeness (QED) is 0.152. The van der Waals surface area contributed by atoms with Gasteiger partial charge in [-0.1, -0.05) is 133 Å². The number of nitrogens with zero attached hydrogens (tertiary/aromatic N) is 6. The Labute approximate surface area is 444 Å². The Bertz CT molecular complexity index is 4510. The van der Waals surface area contributed by atoms with E-state index in [0.29, 0.717) is 22.5 Å². The first kappa shape index (κ1) is 43.6. The summed E-state index contributed by atoms with van der Waals surface area (Å²) in [6, 6.07) is 90.4. The van der Waals surface area contributed by atoms with E-state index in [-0.39, 0.29) is 0 Å². The van der Waals surface area contributed by atoms with Crippen molar-refractivity contribution < 1.29 is 0 Å². The lowest BCUT2D eigenvalue weighted by molar-refractivity contribution is 1.12. The summed E-state index contributed by atoms with van der Waals surface area (Å²) in [6.45, 7) is 0. The van der Waals surface area contributed by atoms with Crippen molar-refractivity contribution in [1.29, 1.82) is 10.5 Å². The molecule has 15 rings (SSSR count). The Kier molecular flexibility index (Phi) is 9.95. The molecule has 6 nitrogen and oxygen atoms in total. The minimum atomic E-state index is 0.434. The highest BCUT2D eigenvalue weighted by Crippen LogP contribution is 2.49. The van der Waals surface area contributed by atoms with Crippen molar-refractivity contribution in [3.8, 4) is 23.5 Å². The van der Waals surface area contributed by atoms with Gasteiger partial charge < -0.3 is 18.9 Å². The summed E-state index contributed by atoms with van der Waals surface area (Å²) < 4.78 is 9.21. The third-order valence-electron chi connectivity index (χ3n) is 14.9. The van der Waals surface area contributed by atoms with Crippen molar-refractivity contribution in [3.63, 3.8) is 0 Å². The van der Waals surface area contributed by atoms with Gasteiger partial charge in [-0.2, -0.15) is 10.5 Å². The van der Waals surface area contributed by atoms with Crippen LogP contribution in [0.4, 0.5) is 34.1 Å². The molecule has 0 bridgehead atoms. The Hall–Kier alpha value is -9.96. The van der Waals surface area contributed by atoms with Crippen LogP contribution in [0.2, 0.25) is 0 Å². The molecule has 4 heterocycles. The van der Waals surface area contributed by atoms with Crippen molar-refractivity contribution >= 4 is 141 Å². The van der Waals surface area contributed by atoms with Crippen molar-refractivity contribution in [3.05, 3.63) is 254 Å². The van der Waals surface area contributed by atoms with Gasteiger partial charge in [0.25, 0.3) is 0 Å². The molecular weight excluding hydrogens is 965 g/mol. The number of fused-ring (bicyclic) bond motifs is 12. The summed E-state index contributed by atoms with van der Waals surface area (Å²) in [4.78, 5) is 4.58. The molecule has 4 aromatic heterocycles. The van der Waals surface area contributed by atoms with Crippen LogP contribution in [0.15, 0.2) is 243 Å². The molecular formula is C68H40N6S2. The fourth-order valence-electron chi connectivity index (χ4n) is 11.7. The lowest BCUT2D eigenvalue weighted by atomic mass is 10.1. The maximum atomic E-state index is 11.8. The largest absolute Gasteiger partial charge is 0.308 e. The van der Waals surface area contributed by atoms with Crippen molar-refractivity contribution in [1.82, 2.24) is 9.13 Å². The van der Waals surface area contributed by atoms with E-state index in [1.54, 1.807) is 22.7 Å². The van der Waals surface area contributed by atoms with Gasteiger partial charge in [0.15, 0.2) is 0 Å². The number of nitriles is 2. The molecule has 0 aliphatic carbocycles. The summed E-state index contributed by atoms with van der Waals surface area (Å²) in [5.74, 6) is 0. The van der Waals surface area contributed by atoms with Crippen LogP contribution in [0.3, 0.4) is 0 Å². The van der Waals surface area contributed by atoms with Crippen LogP contribution in [-0.4, -0.2) is 9.13 Å². The van der Waals surface area contributed by atoms with Crippen LogP contribution in [0.1, 0.15) is 11.1 Å². The van der Waals surface area contributed by atoms with E-state index in [4.69, 9.17) is 0 Å². The van der Waals surface area contributed by atoms with Crippen LogP contribution in [0.25, 0.3) is 95.3 Å². The van der Waals surface area contributed by atoms with Crippen molar-refractivity contribution in [2.75, 3.05) is 9.80 Å². The first-order valence-electron chi connectivity index (χ1n) is 25.2. The molecule has 11 aromatic carbocycles. The Balaban J connectivity index is 1.06. The van der Waals surface area contributed by atoms with E-state index in [1.165, 1.54) is 30.9 Å². The number of hydrogen-bond donors (Lipinski definition) is 0. The van der Waals surface area contributed by atoms with Gasteiger partial charge in [-0.3, -0.25) is 0 Å². The van der Waals surface area contributed by atoms with Crippen LogP contribution >= 0.6 is 22.7 Å². The molecule has 0 N–H and O–H groups in total. The minimum absolute atomic E-state index is 0.434. The van der Waals surface area contributed by atoms with Gasteiger partial charge in [0.1, 0.15) is 12.1 Å². The Morgan fingerprint density at radius 2 is 0.645 bits per heavy atom. The fourth-order valence-corrected chi connectivity index (χ4v) is 13.9. The molecule has 0 aliphatic rings. The molecule has 0 amide bonds. The predicted molar refractivity (Wildman–Crippen MR) is 320 cm³/mol. The first-order valence-corrected chi connectivity index (χ1v) is 26.8. The highest BCUT2D eigenvalue weighted by Gasteiger charge is 2.28. The summed E-state index contributed by atoms with van der Waals surface area (Å²) in [5, 5.41) is 32.5. The van der Waals surface area contributed by atoms with E-state index in [0.717, 1.165) is 87.1 Å². The molecule has 76 heavy (non-hydrogen) atoms. The van der Waals surface area contributed by atoms with Gasteiger partial charge >= 0.3 is 0 Å². The molecule has 0 saturated carbocycles. The Morgan fingerprint density at radius 3 is 1.01 bits per heavy atom. The van der Waals surface area contributed by atoms with Crippen molar-refractivity contribution in [2.24, 2.45) is 0 Å². The van der Waals surface area contributed by atoms with Crippen LogP contribution < -0.4 is 9.80 Å². The summed E-state index contributed by atoms with van der Waals surface area (Å²) >= 11 is 3.54. The second kappa shape index (κ2) is 17.3. The summed E-state index contributed by atoms with van der Waals surface area (Å²) in [6.07, 6.45) is 0. The van der Waals surface area contributed by atoms with Gasteiger partial charge in [-0.25, -0.2) is 0 Å². The monoisotopic (exact) mass is 1000 g/mol. The highest BCUT2D eigenvalue weighted by atomic mass is 32.1. The smallest absolute Gasteiger partial charge is 0.101 e. The fraction of sp³-hybridized carbons (Fsp3) is 0. The average Bonchev–Trinajstić information content (AvgIpc) is 4.25. The molecule has 8 heteroatoms. The molecule has 0 unspecified atom stereocenters. The zero-order chi connectivity index (χ0) is 50.4. The average molecular weight is 1010 g/mol. The molecule has 0 fully saturated rings. The zero-order valence-electron chi connectivity index (χ0n) is 40.6. The zero-order valence-corrected chi connectivity index (χ0v) is 42.2. The normalized spacial score (nSPS) is 11.7. The molecule has 0 aliphatic heterocycles. The maximum absolute atomic E-state index is 11.8. The molecule has 15 aromatic rings. The second-order valence-corrected chi connectivity index (χ2v) is 21.2. The Morgan fingerprint density at radius 1 is 0.303 bits per heavy atom. The maximum Gasteiger partial charge on any atom is 0.101 e. The number of hydrogen-bond acceptors (Lipinski definition) is 6. The topological polar surface area (TPSA) is 63.9 Å².